The first kappa shape index (κ1) is 11.3. The van der Waals surface area contributed by atoms with Crippen LogP contribution < -0.4 is 5.73 Å². The lowest BCUT2D eigenvalue weighted by Gasteiger charge is -2.38. The third-order valence-electron chi connectivity index (χ3n) is 2.45. The first-order valence-electron chi connectivity index (χ1n) is 4.87. The summed E-state index contributed by atoms with van der Waals surface area (Å²) >= 11 is 2.02. The van der Waals surface area contributed by atoms with Crippen molar-refractivity contribution in [1.29, 1.82) is 0 Å². The number of hydrogen-bond acceptors (Lipinski definition) is 4. The fourth-order valence-electron chi connectivity index (χ4n) is 1.85. The lowest BCUT2D eigenvalue weighted by molar-refractivity contribution is 0.126. The maximum absolute atomic E-state index is 9.12. The molecule has 0 radical (unpaired) electrons. The van der Waals surface area contributed by atoms with Crippen LogP contribution in [0.15, 0.2) is 0 Å². The normalized spacial score (nSPS) is 33.2. The summed E-state index contributed by atoms with van der Waals surface area (Å²) in [4.78, 5) is 2.31. The van der Waals surface area contributed by atoms with Crippen molar-refractivity contribution in [3.05, 3.63) is 0 Å². The molecule has 1 fully saturated rings. The van der Waals surface area contributed by atoms with Gasteiger partial charge < -0.3 is 10.8 Å². The Bertz CT molecular complexity index is 143. The molecular weight excluding hydrogens is 184 g/mol. The average Bonchev–Trinajstić information content (AvgIpc) is 2.04. The van der Waals surface area contributed by atoms with Crippen molar-refractivity contribution < 1.29 is 5.11 Å². The number of thioether (sulfide) groups is 1. The third kappa shape index (κ3) is 3.13. The highest BCUT2D eigenvalue weighted by atomic mass is 32.2. The van der Waals surface area contributed by atoms with E-state index in [1.807, 2.05) is 11.8 Å². The maximum Gasteiger partial charge on any atom is 0.0599 e. The molecule has 4 heteroatoms. The summed E-state index contributed by atoms with van der Waals surface area (Å²) in [5.74, 6) is 0. The van der Waals surface area contributed by atoms with Crippen molar-refractivity contribution >= 4 is 11.8 Å². The molecule has 13 heavy (non-hydrogen) atoms. The molecule has 1 aliphatic rings. The van der Waals surface area contributed by atoms with Gasteiger partial charge in [-0.3, -0.25) is 4.90 Å². The Kier molecular flexibility index (Phi) is 4.52. The predicted octanol–water partition coefficient (Wildman–Crippen LogP) is 0.132. The molecule has 0 aromatic heterocycles. The number of nitrogens with zero attached hydrogens (tertiary/aromatic N) is 1. The zero-order valence-corrected chi connectivity index (χ0v) is 9.26. The van der Waals surface area contributed by atoms with Crippen molar-refractivity contribution in [2.75, 3.05) is 26.2 Å². The molecule has 1 saturated heterocycles. The molecule has 3 unspecified atom stereocenters. The van der Waals surface area contributed by atoms with E-state index in [-0.39, 0.29) is 12.6 Å². The summed E-state index contributed by atoms with van der Waals surface area (Å²) < 4.78 is 0. The number of nitrogens with two attached hydrogens (primary N) is 1. The number of rotatable bonds is 3. The first-order chi connectivity index (χ1) is 6.17. The summed E-state index contributed by atoms with van der Waals surface area (Å²) in [5.41, 5.74) is 5.60. The second kappa shape index (κ2) is 5.20. The van der Waals surface area contributed by atoms with E-state index in [4.69, 9.17) is 10.8 Å². The van der Waals surface area contributed by atoms with Crippen LogP contribution >= 0.6 is 11.8 Å². The van der Waals surface area contributed by atoms with Crippen LogP contribution in [0.4, 0.5) is 0 Å². The van der Waals surface area contributed by atoms with Gasteiger partial charge in [0.15, 0.2) is 0 Å². The van der Waals surface area contributed by atoms with E-state index in [0.717, 1.165) is 13.1 Å². The van der Waals surface area contributed by atoms with Gasteiger partial charge in [0, 0.05) is 36.2 Å². The van der Waals surface area contributed by atoms with Crippen molar-refractivity contribution in [2.45, 2.75) is 30.4 Å². The average molecular weight is 204 g/mol. The van der Waals surface area contributed by atoms with E-state index in [1.54, 1.807) is 0 Å². The fourth-order valence-corrected chi connectivity index (χ4v) is 3.20. The van der Waals surface area contributed by atoms with E-state index in [9.17, 15) is 0 Å². The van der Waals surface area contributed by atoms with Gasteiger partial charge in [0.25, 0.3) is 0 Å². The predicted molar refractivity (Wildman–Crippen MR) is 58.0 cm³/mol. The fraction of sp³-hybridized carbons (Fsp3) is 1.00. The Morgan fingerprint density at radius 1 is 1.46 bits per heavy atom. The van der Waals surface area contributed by atoms with Crippen molar-refractivity contribution in [3.8, 4) is 0 Å². The van der Waals surface area contributed by atoms with Gasteiger partial charge in [-0.2, -0.15) is 11.8 Å². The first-order valence-corrected chi connectivity index (χ1v) is 5.82. The molecule has 0 aliphatic carbocycles. The highest BCUT2D eigenvalue weighted by Gasteiger charge is 2.26. The van der Waals surface area contributed by atoms with E-state index < -0.39 is 0 Å². The Morgan fingerprint density at radius 3 is 2.38 bits per heavy atom. The van der Waals surface area contributed by atoms with Crippen LogP contribution in [0.1, 0.15) is 13.8 Å². The van der Waals surface area contributed by atoms with Crippen LogP contribution in [0.25, 0.3) is 0 Å². The Labute approximate surface area is 84.7 Å². The summed E-state index contributed by atoms with van der Waals surface area (Å²) in [6, 6.07) is 0.158. The zero-order valence-electron chi connectivity index (χ0n) is 8.44. The smallest absolute Gasteiger partial charge is 0.0599 e. The quantitative estimate of drug-likeness (QED) is 0.686. The van der Waals surface area contributed by atoms with Gasteiger partial charge in [-0.1, -0.05) is 13.8 Å². The molecule has 0 aromatic rings. The molecule has 1 rings (SSSR count). The van der Waals surface area contributed by atoms with Gasteiger partial charge >= 0.3 is 0 Å². The van der Waals surface area contributed by atoms with Crippen LogP contribution in [0, 0.1) is 0 Å². The van der Waals surface area contributed by atoms with Gasteiger partial charge in [0.2, 0.25) is 0 Å². The zero-order chi connectivity index (χ0) is 9.84. The lowest BCUT2D eigenvalue weighted by Crippen LogP contribution is -2.50. The Balaban J connectivity index is 2.48. The molecule has 3 nitrogen and oxygen atoms in total. The maximum atomic E-state index is 9.12. The lowest BCUT2D eigenvalue weighted by atomic mass is 10.2. The molecular formula is C9H20N2OS. The molecule has 78 valence electrons. The van der Waals surface area contributed by atoms with Gasteiger partial charge in [-0.25, -0.2) is 0 Å². The summed E-state index contributed by atoms with van der Waals surface area (Å²) in [6.45, 7) is 7.31. The minimum absolute atomic E-state index is 0.158. The molecule has 0 spiro atoms. The second-order valence-corrected chi connectivity index (χ2v) is 5.66. The van der Waals surface area contributed by atoms with E-state index in [1.165, 1.54) is 0 Å². The third-order valence-corrected chi connectivity index (χ3v) is 3.67. The Hall–Kier alpha value is 0.230. The highest BCUT2D eigenvalue weighted by Crippen LogP contribution is 2.25. The molecule has 3 atom stereocenters. The molecule has 0 amide bonds. The highest BCUT2D eigenvalue weighted by molar-refractivity contribution is 8.00. The molecule has 3 N–H and O–H groups in total. The molecule has 1 aliphatic heterocycles. The SMILES string of the molecule is CC1CN(C(CN)CO)CC(C)S1. The van der Waals surface area contributed by atoms with E-state index in [0.29, 0.717) is 17.0 Å². The van der Waals surface area contributed by atoms with Crippen LogP contribution in [0.3, 0.4) is 0 Å². The van der Waals surface area contributed by atoms with E-state index in [2.05, 4.69) is 18.7 Å². The van der Waals surface area contributed by atoms with Crippen molar-refractivity contribution in [1.82, 2.24) is 4.90 Å². The van der Waals surface area contributed by atoms with Gasteiger partial charge in [-0.15, -0.1) is 0 Å². The summed E-state index contributed by atoms with van der Waals surface area (Å²) in [7, 11) is 0. The summed E-state index contributed by atoms with van der Waals surface area (Å²) in [6.07, 6.45) is 0. The van der Waals surface area contributed by atoms with Crippen LogP contribution in [-0.4, -0.2) is 52.8 Å². The number of aliphatic hydroxyl groups excluding tert-OH is 1. The monoisotopic (exact) mass is 204 g/mol. The molecule has 0 bridgehead atoms. The van der Waals surface area contributed by atoms with Crippen LogP contribution in [0.2, 0.25) is 0 Å². The largest absolute Gasteiger partial charge is 0.395 e. The topological polar surface area (TPSA) is 49.5 Å². The second-order valence-electron chi connectivity index (χ2n) is 3.78. The minimum Gasteiger partial charge on any atom is -0.395 e. The van der Waals surface area contributed by atoms with Crippen LogP contribution in [-0.2, 0) is 0 Å². The Morgan fingerprint density at radius 2 is 2.00 bits per heavy atom. The summed E-state index contributed by atoms with van der Waals surface area (Å²) in [5, 5.41) is 10.4. The minimum atomic E-state index is 0.158. The van der Waals surface area contributed by atoms with Crippen molar-refractivity contribution in [3.63, 3.8) is 0 Å². The van der Waals surface area contributed by atoms with Gasteiger partial charge in [-0.05, 0) is 0 Å². The van der Waals surface area contributed by atoms with Gasteiger partial charge in [0.1, 0.15) is 0 Å². The van der Waals surface area contributed by atoms with Crippen LogP contribution in [0.5, 0.6) is 0 Å². The molecule has 1 heterocycles. The standard InChI is InChI=1S/C9H20N2OS/c1-7-4-11(5-8(2)13-7)9(3-10)6-12/h7-9,12H,3-6,10H2,1-2H3. The molecule has 0 aromatic carbocycles. The van der Waals surface area contributed by atoms with Crippen molar-refractivity contribution in [2.24, 2.45) is 5.73 Å². The number of aliphatic hydroxyl groups is 1. The molecule has 0 saturated carbocycles. The van der Waals surface area contributed by atoms with Gasteiger partial charge in [0.05, 0.1) is 6.61 Å². The number of hydrogen-bond donors (Lipinski definition) is 2. The van der Waals surface area contributed by atoms with E-state index >= 15 is 0 Å².